The number of carbonyl (C=O) groups is 1. The Morgan fingerprint density at radius 2 is 1.57 bits per heavy atom. The minimum Gasteiger partial charge on any atom is -0.475 e. The number of aliphatic carboxylic acids is 1. The zero-order valence-corrected chi connectivity index (χ0v) is 21.1. The molecule has 3 aromatic heterocycles. The normalized spacial score (nSPS) is 11.5. The van der Waals surface area contributed by atoms with Gasteiger partial charge in [-0.05, 0) is 54.6 Å². The molecular weight excluding hydrogens is 577 g/mol. The van der Waals surface area contributed by atoms with Crippen LogP contribution in [0.2, 0.25) is 0 Å². The van der Waals surface area contributed by atoms with Crippen molar-refractivity contribution < 1.29 is 40.6 Å². The van der Waals surface area contributed by atoms with Gasteiger partial charge >= 0.3 is 18.3 Å². The van der Waals surface area contributed by atoms with Crippen LogP contribution in [0.3, 0.4) is 0 Å². The van der Waals surface area contributed by atoms with Gasteiger partial charge in [-0.1, -0.05) is 0 Å². The summed E-state index contributed by atoms with van der Waals surface area (Å²) in [5.41, 5.74) is 3.48. The maximum Gasteiger partial charge on any atom is 0.490 e. The van der Waals surface area contributed by atoms with Gasteiger partial charge in [0.25, 0.3) is 5.82 Å². The lowest BCUT2D eigenvalue weighted by atomic mass is 10.1. The summed E-state index contributed by atoms with van der Waals surface area (Å²) in [5.74, 6) is -4.12. The Kier molecular flexibility index (Phi) is 8.21. The van der Waals surface area contributed by atoms with Gasteiger partial charge in [0.1, 0.15) is 12.1 Å². The summed E-state index contributed by atoms with van der Waals surface area (Å²) in [6, 6.07) is 14.5. The SMILES string of the molecule is Cn1nccc1-c1cc(F)cc(-c2ccnc(Nc3ccc(-n4cnc(C(F)(F)F)n4)cc3)n2)c1.O=C(O)C(F)(F)F. The number of hydrogen-bond acceptors (Lipinski definition) is 7. The van der Waals surface area contributed by atoms with E-state index in [2.05, 4.69) is 30.5 Å². The number of nitrogens with one attached hydrogen (secondary N) is 1. The number of halogens is 7. The number of benzene rings is 2. The van der Waals surface area contributed by atoms with Crippen LogP contribution in [0, 0.1) is 5.82 Å². The van der Waals surface area contributed by atoms with Crippen LogP contribution in [0.5, 0.6) is 0 Å². The molecule has 218 valence electrons. The van der Waals surface area contributed by atoms with Crippen LogP contribution in [0.1, 0.15) is 5.82 Å². The third-order valence-corrected chi connectivity index (χ3v) is 5.34. The van der Waals surface area contributed by atoms with Crippen molar-refractivity contribution in [1.82, 2.24) is 34.5 Å². The summed E-state index contributed by atoms with van der Waals surface area (Å²) in [6.07, 6.45) is -5.52. The Morgan fingerprint density at radius 3 is 2.14 bits per heavy atom. The molecule has 3 heterocycles. The molecule has 0 aliphatic carbocycles. The van der Waals surface area contributed by atoms with Gasteiger partial charge in [-0.15, -0.1) is 5.10 Å². The highest BCUT2D eigenvalue weighted by molar-refractivity contribution is 5.73. The van der Waals surface area contributed by atoms with Crippen LogP contribution in [-0.2, 0) is 18.0 Å². The molecule has 0 bridgehead atoms. The number of anilines is 2. The van der Waals surface area contributed by atoms with Crippen molar-refractivity contribution in [1.29, 1.82) is 0 Å². The molecular formula is C25H17F7N8O2. The molecule has 0 atom stereocenters. The highest BCUT2D eigenvalue weighted by atomic mass is 19.4. The lowest BCUT2D eigenvalue weighted by Crippen LogP contribution is -2.21. The number of aryl methyl sites for hydroxylation is 1. The second kappa shape index (κ2) is 11.6. The number of aromatic nitrogens is 7. The van der Waals surface area contributed by atoms with Crippen molar-refractivity contribution in [2.75, 3.05) is 5.32 Å². The quantitative estimate of drug-likeness (QED) is 0.250. The van der Waals surface area contributed by atoms with Crippen LogP contribution in [0.4, 0.5) is 42.4 Å². The van der Waals surface area contributed by atoms with E-state index in [0.717, 1.165) is 16.7 Å². The summed E-state index contributed by atoms with van der Waals surface area (Å²) in [5, 5.41) is 17.7. The van der Waals surface area contributed by atoms with Gasteiger partial charge in [0.15, 0.2) is 0 Å². The molecule has 0 aliphatic rings. The number of carboxylic acid groups (broad SMARTS) is 1. The molecule has 0 amide bonds. The van der Waals surface area contributed by atoms with E-state index in [9.17, 15) is 30.7 Å². The Hall–Kier alpha value is -5.35. The van der Waals surface area contributed by atoms with E-state index in [-0.39, 0.29) is 5.95 Å². The average Bonchev–Trinajstić information content (AvgIpc) is 3.59. The van der Waals surface area contributed by atoms with Gasteiger partial charge in [-0.2, -0.15) is 31.4 Å². The fourth-order valence-corrected chi connectivity index (χ4v) is 3.47. The van der Waals surface area contributed by atoms with Gasteiger partial charge in [0.05, 0.1) is 17.1 Å². The average molecular weight is 594 g/mol. The molecule has 0 unspecified atom stereocenters. The van der Waals surface area contributed by atoms with E-state index in [0.29, 0.717) is 28.2 Å². The largest absolute Gasteiger partial charge is 0.490 e. The molecule has 0 radical (unpaired) electrons. The topological polar surface area (TPSA) is 124 Å². The molecule has 0 fully saturated rings. The van der Waals surface area contributed by atoms with E-state index in [4.69, 9.17) is 9.90 Å². The second-order valence-electron chi connectivity index (χ2n) is 8.32. The van der Waals surface area contributed by atoms with Crippen LogP contribution in [0.15, 0.2) is 73.3 Å². The Bertz CT molecular complexity index is 1700. The molecule has 10 nitrogen and oxygen atoms in total. The lowest BCUT2D eigenvalue weighted by Gasteiger charge is -2.09. The molecule has 42 heavy (non-hydrogen) atoms. The predicted octanol–water partition coefficient (Wildman–Crippen LogP) is 5.66. The first kappa shape index (κ1) is 29.6. The second-order valence-corrected chi connectivity index (χ2v) is 8.32. The smallest absolute Gasteiger partial charge is 0.475 e. The highest BCUT2D eigenvalue weighted by Gasteiger charge is 2.38. The third-order valence-electron chi connectivity index (χ3n) is 5.34. The first-order valence-corrected chi connectivity index (χ1v) is 11.5. The molecule has 5 aromatic rings. The number of nitrogens with zero attached hydrogens (tertiary/aromatic N) is 7. The monoisotopic (exact) mass is 594 g/mol. The number of hydrogen-bond donors (Lipinski definition) is 2. The fourth-order valence-electron chi connectivity index (χ4n) is 3.47. The van der Waals surface area contributed by atoms with Crippen LogP contribution in [-0.4, -0.2) is 51.8 Å². The maximum absolute atomic E-state index is 14.4. The lowest BCUT2D eigenvalue weighted by molar-refractivity contribution is -0.192. The maximum atomic E-state index is 14.4. The van der Waals surface area contributed by atoms with Gasteiger partial charge in [-0.3, -0.25) is 4.68 Å². The summed E-state index contributed by atoms with van der Waals surface area (Å²) in [4.78, 5) is 20.9. The van der Waals surface area contributed by atoms with Crippen molar-refractivity contribution in [3.8, 4) is 28.2 Å². The number of rotatable bonds is 5. The summed E-state index contributed by atoms with van der Waals surface area (Å²) in [6.45, 7) is 0. The van der Waals surface area contributed by atoms with E-state index in [1.54, 1.807) is 60.5 Å². The van der Waals surface area contributed by atoms with Crippen LogP contribution >= 0.6 is 0 Å². The first-order chi connectivity index (χ1) is 19.7. The molecule has 5 rings (SSSR count). The molecule has 17 heteroatoms. The standard InChI is InChI=1S/C23H16F4N8.C2HF3O2/c1-34-20(7-9-30-34)15-10-14(11-16(24)12-15)19-6-8-28-22(32-19)31-17-2-4-18(5-3-17)35-13-29-21(33-35)23(25,26)27;3-2(4,5)1(6)7/h2-13H,1H3,(H,28,31,32);(H,6,7). The predicted molar refractivity (Wildman–Crippen MR) is 133 cm³/mol. The van der Waals surface area contributed by atoms with Gasteiger partial charge in [0, 0.05) is 36.3 Å². The zero-order chi connectivity index (χ0) is 30.7. The minimum atomic E-state index is -5.08. The third kappa shape index (κ3) is 7.23. The van der Waals surface area contributed by atoms with E-state index < -0.39 is 30.0 Å². The van der Waals surface area contributed by atoms with Crippen molar-refractivity contribution >= 4 is 17.6 Å². The van der Waals surface area contributed by atoms with Gasteiger partial charge in [-0.25, -0.2) is 28.8 Å². The molecule has 0 aliphatic heterocycles. The number of alkyl halides is 6. The van der Waals surface area contributed by atoms with Gasteiger partial charge < -0.3 is 10.4 Å². The molecule has 2 N–H and O–H groups in total. The van der Waals surface area contributed by atoms with Crippen molar-refractivity contribution in [3.63, 3.8) is 0 Å². The molecule has 0 saturated carbocycles. The zero-order valence-electron chi connectivity index (χ0n) is 21.1. The summed E-state index contributed by atoms with van der Waals surface area (Å²) in [7, 11) is 1.77. The Morgan fingerprint density at radius 1 is 0.905 bits per heavy atom. The van der Waals surface area contributed by atoms with E-state index >= 15 is 0 Å². The molecule has 2 aromatic carbocycles. The fraction of sp³-hybridized carbons (Fsp3) is 0.120. The number of carboxylic acids is 1. The van der Waals surface area contributed by atoms with E-state index in [1.807, 2.05) is 6.07 Å². The first-order valence-electron chi connectivity index (χ1n) is 11.5. The molecule has 0 spiro atoms. The Labute approximate surface area is 231 Å². The van der Waals surface area contributed by atoms with Crippen LogP contribution in [0.25, 0.3) is 28.2 Å². The molecule has 0 saturated heterocycles. The Balaban J connectivity index is 0.000000517. The minimum absolute atomic E-state index is 0.265. The van der Waals surface area contributed by atoms with Crippen molar-refractivity contribution in [2.24, 2.45) is 7.05 Å². The highest BCUT2D eigenvalue weighted by Crippen LogP contribution is 2.28. The van der Waals surface area contributed by atoms with Gasteiger partial charge in [0.2, 0.25) is 5.95 Å². The van der Waals surface area contributed by atoms with Crippen molar-refractivity contribution in [2.45, 2.75) is 12.4 Å². The van der Waals surface area contributed by atoms with E-state index in [1.165, 1.54) is 12.1 Å². The summed E-state index contributed by atoms with van der Waals surface area (Å²) >= 11 is 0. The van der Waals surface area contributed by atoms with Crippen molar-refractivity contribution in [3.05, 3.63) is 85.0 Å². The summed E-state index contributed by atoms with van der Waals surface area (Å²) < 4.78 is 87.0. The van der Waals surface area contributed by atoms with Crippen LogP contribution < -0.4 is 5.32 Å².